The Hall–Kier alpha value is -2.42. The van der Waals surface area contributed by atoms with E-state index < -0.39 is 5.41 Å². The van der Waals surface area contributed by atoms with Gasteiger partial charge in [-0.1, -0.05) is 37.8 Å². The van der Waals surface area contributed by atoms with Gasteiger partial charge in [-0.2, -0.15) is 0 Å². The van der Waals surface area contributed by atoms with Gasteiger partial charge in [0.05, 0.1) is 5.41 Å². The molecule has 0 amide bonds. The van der Waals surface area contributed by atoms with Crippen molar-refractivity contribution in [1.82, 2.24) is 0 Å². The fraction of sp³-hybridized carbons (Fsp3) is 0.391. The molecule has 0 aromatic heterocycles. The van der Waals surface area contributed by atoms with Gasteiger partial charge in [-0.3, -0.25) is 9.59 Å². The lowest BCUT2D eigenvalue weighted by Crippen LogP contribution is -2.50. The second-order valence-corrected chi connectivity index (χ2v) is 7.86. The normalized spacial score (nSPS) is 28.7. The number of Topliss-reactive ketones (excluding diaryl/α,β-unsaturated/α-hetero) is 2. The van der Waals surface area contributed by atoms with Gasteiger partial charge >= 0.3 is 0 Å². The van der Waals surface area contributed by atoms with Crippen LogP contribution in [0.4, 0.5) is 0 Å². The molecule has 0 spiro atoms. The number of ketones is 2. The van der Waals surface area contributed by atoms with E-state index >= 15 is 0 Å². The Morgan fingerprint density at radius 2 is 1.69 bits per heavy atom. The van der Waals surface area contributed by atoms with Gasteiger partial charge in [0.2, 0.25) is 0 Å². The third-order valence-corrected chi connectivity index (χ3v) is 6.41. The monoisotopic (exact) mass is 350 g/mol. The number of hydrogen-bond acceptors (Lipinski definition) is 3. The number of phenolic OH excluding ortho intramolecular Hbond substituents is 1. The average molecular weight is 350 g/mol. The maximum Gasteiger partial charge on any atom is 0.166 e. The summed E-state index contributed by atoms with van der Waals surface area (Å²) in [6.07, 6.45) is 4.39. The van der Waals surface area contributed by atoms with Crippen molar-refractivity contribution in [3.63, 3.8) is 0 Å². The molecular weight excluding hydrogens is 324 g/mol. The lowest BCUT2D eigenvalue weighted by atomic mass is 9.52. The number of phenols is 1. The molecule has 0 bridgehead atoms. The molecule has 0 radical (unpaired) electrons. The number of allylic oxidation sites excluding steroid dienone is 5. The van der Waals surface area contributed by atoms with E-state index in [9.17, 15) is 14.7 Å². The molecule has 1 aromatic carbocycles. The van der Waals surface area contributed by atoms with Crippen molar-refractivity contribution in [2.45, 2.75) is 47.0 Å². The van der Waals surface area contributed by atoms with Crippen molar-refractivity contribution in [1.29, 1.82) is 0 Å². The molecule has 3 heteroatoms. The Morgan fingerprint density at radius 1 is 1.12 bits per heavy atom. The van der Waals surface area contributed by atoms with E-state index in [-0.39, 0.29) is 29.2 Å². The van der Waals surface area contributed by atoms with E-state index in [1.807, 2.05) is 39.0 Å². The Bertz CT molecular complexity index is 877. The highest BCUT2D eigenvalue weighted by molar-refractivity contribution is 6.15. The molecule has 0 heterocycles. The second-order valence-electron chi connectivity index (χ2n) is 7.86. The fourth-order valence-corrected chi connectivity index (χ4v) is 4.75. The number of aromatic hydroxyl groups is 1. The van der Waals surface area contributed by atoms with Gasteiger partial charge < -0.3 is 5.11 Å². The summed E-state index contributed by atoms with van der Waals surface area (Å²) in [4.78, 5) is 26.4. The summed E-state index contributed by atoms with van der Waals surface area (Å²) in [5.41, 5.74) is 3.78. The second kappa shape index (κ2) is 6.08. The summed E-state index contributed by atoms with van der Waals surface area (Å²) >= 11 is 0. The Balaban J connectivity index is 2.29. The molecular formula is C23H26O3. The molecule has 0 aliphatic heterocycles. The fourth-order valence-electron chi connectivity index (χ4n) is 4.75. The third-order valence-electron chi connectivity index (χ3n) is 6.41. The van der Waals surface area contributed by atoms with Crippen LogP contribution in [0.25, 0.3) is 0 Å². The maximum atomic E-state index is 13.4. The van der Waals surface area contributed by atoms with E-state index in [4.69, 9.17) is 0 Å². The van der Waals surface area contributed by atoms with E-state index in [0.717, 1.165) is 22.3 Å². The zero-order chi connectivity index (χ0) is 19.4. The van der Waals surface area contributed by atoms with Crippen molar-refractivity contribution >= 4 is 11.6 Å². The predicted molar refractivity (Wildman–Crippen MR) is 103 cm³/mol. The molecule has 136 valence electrons. The van der Waals surface area contributed by atoms with Gasteiger partial charge in [0.1, 0.15) is 5.75 Å². The predicted octanol–water partition coefficient (Wildman–Crippen LogP) is 4.72. The number of hydrogen-bond donors (Lipinski definition) is 1. The first-order chi connectivity index (χ1) is 12.1. The van der Waals surface area contributed by atoms with E-state index in [1.165, 1.54) is 0 Å². The molecule has 0 saturated heterocycles. The molecule has 3 nitrogen and oxygen atoms in total. The third kappa shape index (κ3) is 2.33. The Morgan fingerprint density at radius 3 is 2.23 bits per heavy atom. The van der Waals surface area contributed by atoms with Crippen LogP contribution in [0.15, 0.2) is 47.6 Å². The summed E-state index contributed by atoms with van der Waals surface area (Å²) in [6.45, 7) is 13.1. The van der Waals surface area contributed by atoms with Gasteiger partial charge in [-0.25, -0.2) is 0 Å². The quantitative estimate of drug-likeness (QED) is 0.840. The SMILES string of the molecule is C=CC1=CCC2C(=O)C(C)=C(C)C(=O)C2(C)C1c1cc(C)c(O)c(C)c1. The number of fused-ring (bicyclic) bond motifs is 1. The number of carbonyl (C=O) groups excluding carboxylic acids is 2. The molecule has 2 aliphatic carbocycles. The molecule has 0 saturated carbocycles. The van der Waals surface area contributed by atoms with E-state index in [1.54, 1.807) is 19.9 Å². The van der Waals surface area contributed by atoms with Crippen molar-refractivity contribution in [2.24, 2.45) is 11.3 Å². The summed E-state index contributed by atoms with van der Waals surface area (Å²) in [6, 6.07) is 3.85. The zero-order valence-corrected chi connectivity index (χ0v) is 16.1. The van der Waals surface area contributed by atoms with Crippen LogP contribution in [0.1, 0.15) is 49.8 Å². The molecule has 3 unspecified atom stereocenters. The largest absolute Gasteiger partial charge is 0.507 e. The highest BCUT2D eigenvalue weighted by Crippen LogP contribution is 2.56. The Labute approximate surface area is 155 Å². The van der Waals surface area contributed by atoms with Crippen LogP contribution >= 0.6 is 0 Å². The smallest absolute Gasteiger partial charge is 0.166 e. The molecule has 3 atom stereocenters. The average Bonchev–Trinajstić information content (AvgIpc) is 2.61. The molecule has 26 heavy (non-hydrogen) atoms. The first-order valence-electron chi connectivity index (χ1n) is 9.03. The topological polar surface area (TPSA) is 54.4 Å². The maximum absolute atomic E-state index is 13.4. The van der Waals surface area contributed by atoms with Crippen LogP contribution in [-0.4, -0.2) is 16.7 Å². The first-order valence-corrected chi connectivity index (χ1v) is 9.03. The van der Waals surface area contributed by atoms with E-state index in [0.29, 0.717) is 17.6 Å². The van der Waals surface area contributed by atoms with Gasteiger partial charge in [0.25, 0.3) is 0 Å². The minimum Gasteiger partial charge on any atom is -0.507 e. The van der Waals surface area contributed by atoms with Crippen LogP contribution in [0.2, 0.25) is 0 Å². The van der Waals surface area contributed by atoms with Crippen LogP contribution < -0.4 is 0 Å². The number of carbonyl (C=O) groups is 2. The van der Waals surface area contributed by atoms with Crippen LogP contribution in [0, 0.1) is 25.2 Å². The lowest BCUT2D eigenvalue weighted by Gasteiger charge is -2.48. The number of aryl methyl sites for hydroxylation is 2. The highest BCUT2D eigenvalue weighted by atomic mass is 16.3. The van der Waals surface area contributed by atoms with Crippen molar-refractivity contribution < 1.29 is 14.7 Å². The van der Waals surface area contributed by atoms with E-state index in [2.05, 4.69) is 6.58 Å². The minimum absolute atomic E-state index is 0.0421. The molecule has 3 rings (SSSR count). The highest BCUT2D eigenvalue weighted by Gasteiger charge is 2.56. The van der Waals surface area contributed by atoms with Crippen molar-refractivity contribution in [3.8, 4) is 5.75 Å². The van der Waals surface area contributed by atoms with Crippen molar-refractivity contribution in [2.75, 3.05) is 0 Å². The molecule has 1 aromatic rings. The summed E-state index contributed by atoms with van der Waals surface area (Å²) in [7, 11) is 0. The number of rotatable bonds is 2. The van der Waals surface area contributed by atoms with Gasteiger partial charge in [0.15, 0.2) is 11.6 Å². The zero-order valence-electron chi connectivity index (χ0n) is 16.1. The minimum atomic E-state index is -0.838. The van der Waals surface area contributed by atoms with Crippen molar-refractivity contribution in [3.05, 3.63) is 64.3 Å². The van der Waals surface area contributed by atoms with Crippen LogP contribution in [0.3, 0.4) is 0 Å². The molecule has 0 fully saturated rings. The first kappa shape index (κ1) is 18.4. The van der Waals surface area contributed by atoms with Crippen LogP contribution in [0.5, 0.6) is 5.75 Å². The molecule has 2 aliphatic rings. The lowest BCUT2D eigenvalue weighted by molar-refractivity contribution is -0.138. The van der Waals surface area contributed by atoms with Gasteiger partial charge in [0, 0.05) is 11.8 Å². The van der Waals surface area contributed by atoms with Crippen LogP contribution in [-0.2, 0) is 9.59 Å². The molecule has 1 N–H and O–H groups in total. The summed E-state index contributed by atoms with van der Waals surface area (Å²) in [5.74, 6) is -0.229. The number of benzene rings is 1. The summed E-state index contributed by atoms with van der Waals surface area (Å²) < 4.78 is 0. The standard InChI is InChI=1S/C23H26O3/c1-7-16-8-9-18-21(25)14(4)15(5)22(26)23(18,6)19(16)17-10-12(2)20(24)13(3)11-17/h7-8,10-11,18-19,24H,1,9H2,2-6H3. The summed E-state index contributed by atoms with van der Waals surface area (Å²) in [5, 5.41) is 10.2. The Kier molecular flexibility index (Phi) is 4.30. The van der Waals surface area contributed by atoms with Gasteiger partial charge in [-0.15, -0.1) is 0 Å². The van der Waals surface area contributed by atoms with Gasteiger partial charge in [-0.05, 0) is 67.5 Å².